The molecule has 0 amide bonds. The zero-order chi connectivity index (χ0) is 53.4. The molecule has 9 rings (SSSR count). The van der Waals surface area contributed by atoms with Crippen LogP contribution in [0.3, 0.4) is 0 Å². The summed E-state index contributed by atoms with van der Waals surface area (Å²) in [5.41, 5.74) is -4.72. The molecule has 0 heterocycles. The van der Waals surface area contributed by atoms with Gasteiger partial charge in [-0.15, -0.1) is 0 Å². The van der Waals surface area contributed by atoms with Crippen LogP contribution in [0, 0.1) is 0 Å². The van der Waals surface area contributed by atoms with Crippen molar-refractivity contribution in [3.63, 3.8) is 0 Å². The Morgan fingerprint density at radius 1 is 0.273 bits per heavy atom. The van der Waals surface area contributed by atoms with Crippen LogP contribution in [-0.2, 0) is 0 Å². The van der Waals surface area contributed by atoms with E-state index >= 15 is 0 Å². The third-order valence-electron chi connectivity index (χ3n) is 7.12. The number of rotatable bonds is 3. The quantitative estimate of drug-likeness (QED) is 0.143. The second kappa shape index (κ2) is 9.93. The third kappa shape index (κ3) is 3.85. The smallest absolute Gasteiger partial charge is 0.0616 e. The average molecular weight is 585 g/mol. The van der Waals surface area contributed by atoms with E-state index in [-0.39, 0.29) is 0 Å². The van der Waals surface area contributed by atoms with Gasteiger partial charge in [0.1, 0.15) is 0 Å². The van der Waals surface area contributed by atoms with E-state index < -0.39 is 256 Å². The predicted octanol–water partition coefficient (Wildman–Crippen LogP) is 12.5. The summed E-state index contributed by atoms with van der Waals surface area (Å²) >= 11 is 0. The van der Waals surface area contributed by atoms with Gasteiger partial charge in [0.15, 0.2) is 0 Å². The van der Waals surface area contributed by atoms with Crippen LogP contribution in [0.5, 0.6) is 0 Å². The minimum atomic E-state index is -1.11. The van der Waals surface area contributed by atoms with E-state index in [1.165, 1.54) is 0 Å². The van der Waals surface area contributed by atoms with Crippen molar-refractivity contribution < 1.29 is 38.4 Å². The molecule has 9 aromatic rings. The van der Waals surface area contributed by atoms with Gasteiger partial charge in [-0.25, -0.2) is 0 Å². The van der Waals surface area contributed by atoms with E-state index in [4.69, 9.17) is 24.7 Å². The maximum atomic E-state index is 9.54. The lowest BCUT2D eigenvalue weighted by Gasteiger charge is -2.19. The molecule has 0 aliphatic heterocycles. The summed E-state index contributed by atoms with van der Waals surface area (Å²) in [6.45, 7) is 0. The Hall–Kier alpha value is -5.72. The summed E-state index contributed by atoms with van der Waals surface area (Å²) in [6.07, 6.45) is 0. The molecule has 0 atom stereocenters. The van der Waals surface area contributed by atoms with Crippen LogP contribution in [0.1, 0.15) is 38.4 Å². The molecular formula is C44H28. The molecule has 204 valence electrons. The van der Waals surface area contributed by atoms with Gasteiger partial charge in [-0.2, -0.15) is 0 Å². The Bertz CT molecular complexity index is 4000. The summed E-state index contributed by atoms with van der Waals surface area (Å²) in [6, 6.07) is -26.1. The van der Waals surface area contributed by atoms with E-state index in [0.717, 1.165) is 0 Å². The largest absolute Gasteiger partial charge is 0.0636 e. The maximum absolute atomic E-state index is 9.54. The second-order valence-electron chi connectivity index (χ2n) is 9.50. The molecule has 44 heavy (non-hydrogen) atoms. The molecule has 0 aromatic heterocycles. The van der Waals surface area contributed by atoms with Gasteiger partial charge >= 0.3 is 0 Å². The van der Waals surface area contributed by atoms with Crippen LogP contribution >= 0.6 is 0 Å². The van der Waals surface area contributed by atoms with Gasteiger partial charge < -0.3 is 0 Å². The number of hydrogen-bond donors (Lipinski definition) is 0. The molecule has 0 aliphatic carbocycles. The molecule has 0 radical (unpaired) electrons. The first-order chi connectivity index (χ1) is 33.5. The van der Waals surface area contributed by atoms with Crippen LogP contribution < -0.4 is 0 Å². The Morgan fingerprint density at radius 2 is 0.727 bits per heavy atom. The summed E-state index contributed by atoms with van der Waals surface area (Å²) in [5, 5.41) is -6.32. The van der Waals surface area contributed by atoms with Crippen molar-refractivity contribution >= 4 is 53.9 Å². The Labute approximate surface area is 295 Å². The molecule has 0 aliphatic rings. The lowest BCUT2D eigenvalue weighted by atomic mass is 9.84. The molecule has 0 N–H and O–H groups in total. The second-order valence-corrected chi connectivity index (χ2v) is 9.50. The van der Waals surface area contributed by atoms with E-state index in [1.807, 2.05) is 0 Å². The third-order valence-corrected chi connectivity index (χ3v) is 7.12. The van der Waals surface area contributed by atoms with Gasteiger partial charge in [-0.05, 0) is 93.3 Å². The van der Waals surface area contributed by atoms with Gasteiger partial charge in [0.2, 0.25) is 0 Å². The Kier molecular flexibility index (Phi) is 2.18. The van der Waals surface area contributed by atoms with E-state index in [9.17, 15) is 13.7 Å². The fraction of sp³-hybridized carbons (Fsp3) is 0. The minimum Gasteiger partial charge on any atom is -0.0616 e. The van der Waals surface area contributed by atoms with Crippen molar-refractivity contribution in [2.75, 3.05) is 0 Å². The van der Waals surface area contributed by atoms with Crippen molar-refractivity contribution in [2.24, 2.45) is 0 Å². The highest BCUT2D eigenvalue weighted by atomic mass is 14.2. The Morgan fingerprint density at radius 3 is 1.41 bits per heavy atom. The molecule has 0 heteroatoms. The van der Waals surface area contributed by atoms with Crippen molar-refractivity contribution in [2.45, 2.75) is 0 Å². The van der Waals surface area contributed by atoms with E-state index in [1.54, 1.807) is 0 Å². The number of hydrogen-bond acceptors (Lipinski definition) is 0. The summed E-state index contributed by atoms with van der Waals surface area (Å²) in [5.74, 6) is 0. The molecule has 0 unspecified atom stereocenters. The SMILES string of the molecule is [2H]c1c([2H])c(-c2c3c([2H])c([2H])c([2H])c([2H])c3c(-c3c([2H])c([2H])c([2H])c4c([2H])c([2H])c([2H])c([2H])c34)c3c([2H])c([2H])c([2H])c([2H])c23)c([2H])c([2H])c1-c1c([2H])c([2H])c2c(c1[2H])c([2H])c([2H])c1c([2H])c([2H])c([2H])c([2H])c12. The predicted molar refractivity (Wildman–Crippen MR) is 190 cm³/mol. The lowest BCUT2D eigenvalue weighted by Crippen LogP contribution is -1.91. The van der Waals surface area contributed by atoms with Crippen LogP contribution in [0.4, 0.5) is 0 Å². The first-order valence-electron chi connectivity index (χ1n) is 27.0. The van der Waals surface area contributed by atoms with Crippen molar-refractivity contribution in [3.05, 3.63) is 169 Å². The highest BCUT2D eigenvalue weighted by Gasteiger charge is 2.17. The van der Waals surface area contributed by atoms with Crippen molar-refractivity contribution in [1.82, 2.24) is 0 Å². The maximum Gasteiger partial charge on any atom is 0.0636 e. The Balaban J connectivity index is 1.53. The molecule has 0 spiro atoms. The monoisotopic (exact) mass is 584 g/mol. The van der Waals surface area contributed by atoms with Crippen LogP contribution in [0.25, 0.3) is 87.2 Å². The normalized spacial score (nSPS) is 20.5. The molecular weight excluding hydrogens is 528 g/mol. The average Bonchev–Trinajstić information content (AvgIpc) is 3.34. The number of fused-ring (bicyclic) bond motifs is 6. The van der Waals surface area contributed by atoms with Gasteiger partial charge in [0.25, 0.3) is 0 Å². The molecule has 0 nitrogen and oxygen atoms in total. The van der Waals surface area contributed by atoms with E-state index in [0.29, 0.717) is 0 Å². The van der Waals surface area contributed by atoms with Gasteiger partial charge in [0, 0.05) is 0 Å². The lowest BCUT2D eigenvalue weighted by molar-refractivity contribution is 1.63. The molecule has 0 saturated heterocycles. The summed E-state index contributed by atoms with van der Waals surface area (Å²) < 4.78 is 251. The van der Waals surface area contributed by atoms with Gasteiger partial charge in [-0.1, -0.05) is 163 Å². The zero-order valence-corrected chi connectivity index (χ0v) is 22.0. The van der Waals surface area contributed by atoms with E-state index in [2.05, 4.69) is 0 Å². The summed E-state index contributed by atoms with van der Waals surface area (Å²) in [7, 11) is 0. The molecule has 0 bridgehead atoms. The minimum absolute atomic E-state index is 0.470. The zero-order valence-electron chi connectivity index (χ0n) is 50.0. The van der Waals surface area contributed by atoms with Gasteiger partial charge in [0.05, 0.1) is 38.4 Å². The summed E-state index contributed by atoms with van der Waals surface area (Å²) in [4.78, 5) is 0. The number of benzene rings is 9. The fourth-order valence-corrected chi connectivity index (χ4v) is 5.22. The first-order valence-corrected chi connectivity index (χ1v) is 13.0. The van der Waals surface area contributed by atoms with Gasteiger partial charge in [-0.3, -0.25) is 0 Å². The molecule has 0 fully saturated rings. The van der Waals surface area contributed by atoms with Crippen molar-refractivity contribution in [3.8, 4) is 33.4 Å². The molecule has 9 aromatic carbocycles. The van der Waals surface area contributed by atoms with Crippen LogP contribution in [-0.4, -0.2) is 0 Å². The van der Waals surface area contributed by atoms with Crippen molar-refractivity contribution in [1.29, 1.82) is 0 Å². The van der Waals surface area contributed by atoms with Crippen LogP contribution in [0.15, 0.2) is 169 Å². The first kappa shape index (κ1) is 9.64. The highest BCUT2D eigenvalue weighted by molar-refractivity contribution is 6.23. The standard InChI is InChI=1S/C44H28/c1-4-14-36-30(10-1)12-9-19-38(36)44-41-17-7-5-15-39(41)43(40-16-6-8-18-42(40)44)32-23-20-29(21-24-32)33-26-27-37-34(28-33)25-22-31-11-2-3-13-35(31)37/h1-28H/i1D,2D,3D,4D,5D,6D,7D,8D,9D,10D,11D,12D,13D,14D,15D,16D,17D,18D,19D,20D,21D,22D,23D,24D,25D,26D,27D,28D. The fourth-order valence-electron chi connectivity index (χ4n) is 5.22. The van der Waals surface area contributed by atoms with Crippen LogP contribution in [0.2, 0.25) is 0 Å². The highest BCUT2D eigenvalue weighted by Crippen LogP contribution is 2.45. The molecule has 0 saturated carbocycles. The topological polar surface area (TPSA) is 0 Å².